The van der Waals surface area contributed by atoms with Gasteiger partial charge in [0.2, 0.25) is 10.0 Å². The number of likely N-dealkylation sites (N-methyl/N-ethyl adjacent to an activating group) is 2. The number of hydrogen-bond donors (Lipinski definition) is 1. The molecule has 1 aromatic rings. The van der Waals surface area contributed by atoms with Crippen LogP contribution in [0.15, 0.2) is 17.0 Å². The Kier molecular flexibility index (Phi) is 4.60. The number of sulfonamides is 1. The zero-order valence-electron chi connectivity index (χ0n) is 13.3. The summed E-state index contributed by atoms with van der Waals surface area (Å²) in [6, 6.07) is 3.69. The van der Waals surface area contributed by atoms with E-state index < -0.39 is 10.0 Å². The molecule has 6 heteroatoms. The lowest BCUT2D eigenvalue weighted by molar-refractivity contribution is 0.187. The van der Waals surface area contributed by atoms with Crippen LogP contribution >= 0.6 is 0 Å². The number of nitrogens with zero attached hydrogens (tertiary/aromatic N) is 2. The maximum absolute atomic E-state index is 13.0. The van der Waals surface area contributed by atoms with Crippen LogP contribution in [0.3, 0.4) is 0 Å². The molecule has 1 fully saturated rings. The number of aryl methyl sites for hydroxylation is 2. The third-order valence-electron chi connectivity index (χ3n) is 4.36. The van der Waals surface area contributed by atoms with Crippen molar-refractivity contribution in [3.63, 3.8) is 0 Å². The SMILES string of the molecule is Cc1ccc(C)c(S(=O)(=O)N(C)C2CCCN(C)C2)c1N. The number of anilines is 1. The highest BCUT2D eigenvalue weighted by molar-refractivity contribution is 7.89. The lowest BCUT2D eigenvalue weighted by Crippen LogP contribution is -2.47. The van der Waals surface area contributed by atoms with E-state index in [0.717, 1.165) is 31.5 Å². The number of likely N-dealkylation sites (tertiary alicyclic amines) is 1. The zero-order valence-corrected chi connectivity index (χ0v) is 14.1. The Morgan fingerprint density at radius 2 is 1.90 bits per heavy atom. The molecule has 0 radical (unpaired) electrons. The average molecular weight is 311 g/mol. The van der Waals surface area contributed by atoms with E-state index in [0.29, 0.717) is 11.3 Å². The number of rotatable bonds is 3. The molecule has 0 saturated carbocycles. The Morgan fingerprint density at radius 1 is 1.29 bits per heavy atom. The van der Waals surface area contributed by atoms with Crippen LogP contribution in [0, 0.1) is 13.8 Å². The molecule has 2 rings (SSSR count). The van der Waals surface area contributed by atoms with Gasteiger partial charge in [0.25, 0.3) is 0 Å². The molecule has 5 nitrogen and oxygen atoms in total. The first-order valence-electron chi connectivity index (χ1n) is 7.27. The van der Waals surface area contributed by atoms with E-state index in [2.05, 4.69) is 4.90 Å². The van der Waals surface area contributed by atoms with E-state index in [-0.39, 0.29) is 10.9 Å². The molecule has 21 heavy (non-hydrogen) atoms. The van der Waals surface area contributed by atoms with Crippen molar-refractivity contribution in [2.24, 2.45) is 0 Å². The predicted octanol–water partition coefficient (Wildman–Crippen LogP) is 1.60. The Labute approximate surface area is 127 Å². The fourth-order valence-corrected chi connectivity index (χ4v) is 4.69. The summed E-state index contributed by atoms with van der Waals surface area (Å²) in [4.78, 5) is 2.44. The summed E-state index contributed by atoms with van der Waals surface area (Å²) in [5.74, 6) is 0. The number of nitrogens with two attached hydrogens (primary N) is 1. The number of benzene rings is 1. The Bertz CT molecular complexity index is 628. The van der Waals surface area contributed by atoms with Crippen LogP contribution in [0.2, 0.25) is 0 Å². The Hall–Kier alpha value is -1.11. The van der Waals surface area contributed by atoms with Crippen molar-refractivity contribution in [3.05, 3.63) is 23.3 Å². The summed E-state index contributed by atoms with van der Waals surface area (Å²) < 4.78 is 27.4. The predicted molar refractivity (Wildman–Crippen MR) is 85.8 cm³/mol. The molecule has 1 saturated heterocycles. The minimum absolute atomic E-state index is 0.00747. The molecule has 0 bridgehead atoms. The monoisotopic (exact) mass is 311 g/mol. The van der Waals surface area contributed by atoms with Crippen LogP contribution in [0.4, 0.5) is 5.69 Å². The van der Waals surface area contributed by atoms with Crippen LogP contribution < -0.4 is 5.73 Å². The summed E-state index contributed by atoms with van der Waals surface area (Å²) in [5.41, 5.74) is 7.92. The van der Waals surface area contributed by atoms with E-state index in [1.807, 2.05) is 26.1 Å². The summed E-state index contributed by atoms with van der Waals surface area (Å²) in [5, 5.41) is 0. The third kappa shape index (κ3) is 3.07. The molecular formula is C15H25N3O2S. The average Bonchev–Trinajstić information content (AvgIpc) is 2.42. The lowest BCUT2D eigenvalue weighted by atomic mass is 10.1. The molecule has 0 aliphatic carbocycles. The first-order valence-corrected chi connectivity index (χ1v) is 8.71. The molecule has 1 aromatic carbocycles. The van der Waals surface area contributed by atoms with Gasteiger partial charge in [-0.1, -0.05) is 12.1 Å². The van der Waals surface area contributed by atoms with Gasteiger partial charge in [-0.05, 0) is 51.4 Å². The van der Waals surface area contributed by atoms with Crippen molar-refractivity contribution in [2.45, 2.75) is 37.6 Å². The van der Waals surface area contributed by atoms with Gasteiger partial charge in [0, 0.05) is 19.6 Å². The molecule has 0 spiro atoms. The van der Waals surface area contributed by atoms with Gasteiger partial charge >= 0.3 is 0 Å². The molecule has 1 heterocycles. The van der Waals surface area contributed by atoms with Gasteiger partial charge in [-0.25, -0.2) is 8.42 Å². The quantitative estimate of drug-likeness (QED) is 0.861. The Morgan fingerprint density at radius 3 is 2.52 bits per heavy atom. The minimum atomic E-state index is -3.56. The van der Waals surface area contributed by atoms with E-state index in [1.54, 1.807) is 14.0 Å². The molecule has 118 valence electrons. The number of nitrogen functional groups attached to an aromatic ring is 1. The number of hydrogen-bond acceptors (Lipinski definition) is 4. The summed E-state index contributed by atoms with van der Waals surface area (Å²) in [7, 11) is 0.130. The van der Waals surface area contributed by atoms with E-state index in [9.17, 15) is 8.42 Å². The molecule has 2 N–H and O–H groups in total. The lowest BCUT2D eigenvalue weighted by Gasteiger charge is -2.35. The summed E-state index contributed by atoms with van der Waals surface area (Å²) in [6.07, 6.45) is 1.91. The highest BCUT2D eigenvalue weighted by Crippen LogP contribution is 2.30. The highest BCUT2D eigenvalue weighted by atomic mass is 32.2. The van der Waals surface area contributed by atoms with Crippen LogP contribution in [-0.2, 0) is 10.0 Å². The van der Waals surface area contributed by atoms with Crippen molar-refractivity contribution in [1.82, 2.24) is 9.21 Å². The van der Waals surface area contributed by atoms with Gasteiger partial charge in [0.05, 0.1) is 5.69 Å². The second-order valence-corrected chi connectivity index (χ2v) is 7.96. The van der Waals surface area contributed by atoms with E-state index in [1.165, 1.54) is 4.31 Å². The van der Waals surface area contributed by atoms with Gasteiger partial charge in [0.1, 0.15) is 4.90 Å². The molecule has 1 unspecified atom stereocenters. The topological polar surface area (TPSA) is 66.6 Å². The smallest absolute Gasteiger partial charge is 0.245 e. The molecule has 0 aromatic heterocycles. The molecule has 1 atom stereocenters. The maximum atomic E-state index is 13.0. The fourth-order valence-electron chi connectivity index (χ4n) is 2.93. The first kappa shape index (κ1) is 16.3. The van der Waals surface area contributed by atoms with Crippen molar-refractivity contribution >= 4 is 15.7 Å². The minimum Gasteiger partial charge on any atom is -0.397 e. The fraction of sp³-hybridized carbons (Fsp3) is 0.600. The molecule has 1 aliphatic rings. The van der Waals surface area contributed by atoms with E-state index >= 15 is 0 Å². The number of piperidine rings is 1. The van der Waals surface area contributed by atoms with Crippen LogP contribution in [0.25, 0.3) is 0 Å². The van der Waals surface area contributed by atoms with Crippen molar-refractivity contribution in [2.75, 3.05) is 32.9 Å². The zero-order chi connectivity index (χ0) is 15.8. The van der Waals surface area contributed by atoms with Crippen LogP contribution in [0.1, 0.15) is 24.0 Å². The van der Waals surface area contributed by atoms with Crippen LogP contribution in [0.5, 0.6) is 0 Å². The molecule has 1 aliphatic heterocycles. The highest BCUT2D eigenvalue weighted by Gasteiger charge is 2.33. The normalized spacial score (nSPS) is 20.9. The van der Waals surface area contributed by atoms with Gasteiger partial charge in [-0.3, -0.25) is 0 Å². The van der Waals surface area contributed by atoms with Gasteiger partial charge < -0.3 is 10.6 Å². The van der Waals surface area contributed by atoms with Gasteiger partial charge in [-0.15, -0.1) is 0 Å². The van der Waals surface area contributed by atoms with Crippen molar-refractivity contribution < 1.29 is 8.42 Å². The third-order valence-corrected chi connectivity index (χ3v) is 6.48. The second-order valence-electron chi connectivity index (χ2n) is 6.02. The van der Waals surface area contributed by atoms with Gasteiger partial charge in [-0.2, -0.15) is 4.31 Å². The second kappa shape index (κ2) is 5.94. The van der Waals surface area contributed by atoms with Crippen molar-refractivity contribution in [3.8, 4) is 0 Å². The Balaban J connectivity index is 2.40. The standard InChI is InChI=1S/C15H25N3O2S/c1-11-7-8-12(2)15(14(11)16)21(19,20)18(4)13-6-5-9-17(3)10-13/h7-8,13H,5-6,9-10,16H2,1-4H3. The summed E-state index contributed by atoms with van der Waals surface area (Å²) in [6.45, 7) is 5.42. The first-order chi connectivity index (χ1) is 9.75. The molecule has 0 amide bonds. The van der Waals surface area contributed by atoms with E-state index in [4.69, 9.17) is 5.73 Å². The van der Waals surface area contributed by atoms with Crippen LogP contribution in [-0.4, -0.2) is 50.8 Å². The van der Waals surface area contributed by atoms with Gasteiger partial charge in [0.15, 0.2) is 0 Å². The van der Waals surface area contributed by atoms with Crippen molar-refractivity contribution in [1.29, 1.82) is 0 Å². The maximum Gasteiger partial charge on any atom is 0.245 e. The summed E-state index contributed by atoms with van der Waals surface area (Å²) >= 11 is 0. The molecular weight excluding hydrogens is 286 g/mol. The largest absolute Gasteiger partial charge is 0.397 e.